The maximum atomic E-state index is 11.9. The molecule has 0 saturated carbocycles. The summed E-state index contributed by atoms with van der Waals surface area (Å²) in [4.78, 5) is 57.8. The zero-order valence-corrected chi connectivity index (χ0v) is 18.4. The largest absolute Gasteiger partial charge is 0.478 e. The van der Waals surface area contributed by atoms with Crippen LogP contribution < -0.4 is 10.1 Å². The number of aromatic carboxylic acids is 1. The Morgan fingerprint density at radius 2 is 1.48 bits per heavy atom. The lowest BCUT2D eigenvalue weighted by molar-refractivity contribution is -0.257. The van der Waals surface area contributed by atoms with E-state index in [1.807, 2.05) is 0 Å². The van der Waals surface area contributed by atoms with Crippen molar-refractivity contribution >= 4 is 29.8 Å². The van der Waals surface area contributed by atoms with Gasteiger partial charge in [0, 0.05) is 27.7 Å². The summed E-state index contributed by atoms with van der Waals surface area (Å²) >= 11 is 0. The third kappa shape index (κ3) is 7.45. The van der Waals surface area contributed by atoms with E-state index in [0.717, 1.165) is 13.8 Å². The molecule has 0 aromatic heterocycles. The van der Waals surface area contributed by atoms with Crippen molar-refractivity contribution in [2.75, 3.05) is 6.61 Å². The molecular formula is C21H25NO11. The summed E-state index contributed by atoms with van der Waals surface area (Å²) in [5.41, 5.74) is 0.0192. The topological polar surface area (TPSA) is 164 Å². The average molecular weight is 467 g/mol. The van der Waals surface area contributed by atoms with Crippen LogP contribution in [0, 0.1) is 0 Å². The highest BCUT2D eigenvalue weighted by Crippen LogP contribution is 2.29. The van der Waals surface area contributed by atoms with Crippen LogP contribution in [0.4, 0.5) is 0 Å². The molecule has 0 unspecified atom stereocenters. The van der Waals surface area contributed by atoms with Crippen LogP contribution in [0.1, 0.15) is 38.1 Å². The van der Waals surface area contributed by atoms with Crippen LogP contribution in [0.15, 0.2) is 24.3 Å². The fourth-order valence-electron chi connectivity index (χ4n) is 3.20. The molecule has 1 amide bonds. The minimum Gasteiger partial charge on any atom is -0.478 e. The van der Waals surface area contributed by atoms with Gasteiger partial charge < -0.3 is 34.1 Å². The number of carbonyl (C=O) groups excluding carboxylic acids is 4. The Balaban J connectivity index is 2.43. The molecule has 1 aliphatic rings. The highest BCUT2D eigenvalue weighted by molar-refractivity contribution is 5.87. The summed E-state index contributed by atoms with van der Waals surface area (Å²) in [5, 5.41) is 11.6. The third-order valence-electron chi connectivity index (χ3n) is 4.42. The van der Waals surface area contributed by atoms with Crippen molar-refractivity contribution in [3.63, 3.8) is 0 Å². The van der Waals surface area contributed by atoms with Crippen molar-refractivity contribution in [2.45, 2.75) is 58.3 Å². The highest BCUT2D eigenvalue weighted by atomic mass is 16.7. The van der Waals surface area contributed by atoms with E-state index in [1.54, 1.807) is 0 Å². The molecule has 12 heteroatoms. The minimum atomic E-state index is -1.29. The van der Waals surface area contributed by atoms with E-state index < -0.39 is 60.4 Å². The molecule has 2 N–H and O–H groups in total. The summed E-state index contributed by atoms with van der Waals surface area (Å²) in [6, 6.07) is 4.21. The third-order valence-corrected chi connectivity index (χ3v) is 4.42. The molecule has 1 heterocycles. The molecule has 33 heavy (non-hydrogen) atoms. The van der Waals surface area contributed by atoms with Gasteiger partial charge in [0.1, 0.15) is 24.5 Å². The summed E-state index contributed by atoms with van der Waals surface area (Å²) in [6.45, 7) is 4.29. The van der Waals surface area contributed by atoms with Crippen LogP contribution in [-0.2, 0) is 38.1 Å². The van der Waals surface area contributed by atoms with Gasteiger partial charge in [-0.2, -0.15) is 0 Å². The molecule has 5 atom stereocenters. The molecule has 1 saturated heterocycles. The summed E-state index contributed by atoms with van der Waals surface area (Å²) in [5.74, 6) is -3.55. The predicted molar refractivity (Wildman–Crippen MR) is 108 cm³/mol. The van der Waals surface area contributed by atoms with Crippen molar-refractivity contribution < 1.29 is 52.8 Å². The van der Waals surface area contributed by atoms with E-state index in [1.165, 1.54) is 38.1 Å². The second-order valence-corrected chi connectivity index (χ2v) is 7.17. The Labute approximate surface area is 189 Å². The van der Waals surface area contributed by atoms with Crippen LogP contribution in [0.3, 0.4) is 0 Å². The Bertz CT molecular complexity index is 898. The Morgan fingerprint density at radius 3 is 1.97 bits per heavy atom. The molecule has 0 aliphatic carbocycles. The van der Waals surface area contributed by atoms with Crippen molar-refractivity contribution in [1.82, 2.24) is 5.32 Å². The number of ether oxygens (including phenoxy) is 5. The first-order chi connectivity index (χ1) is 15.5. The standard InChI is InChI=1S/C21H25NO11/c1-10(23)22-17-19(31-13(4)26)18(30-12(3)25)16(9-29-11(2)24)33-21(17)32-15-7-5-14(6-8-15)20(27)28/h5-8,16-19,21H,9H2,1-4H3,(H,22,23)(H,27,28)/t16-,17+,18+,19+,21+/m0/s1. The molecule has 180 valence electrons. The van der Waals surface area contributed by atoms with Crippen molar-refractivity contribution in [3.05, 3.63) is 29.8 Å². The van der Waals surface area contributed by atoms with E-state index in [2.05, 4.69) is 5.32 Å². The van der Waals surface area contributed by atoms with Crippen molar-refractivity contribution in [2.24, 2.45) is 0 Å². The van der Waals surface area contributed by atoms with Crippen LogP contribution in [0.5, 0.6) is 5.75 Å². The van der Waals surface area contributed by atoms with Crippen molar-refractivity contribution in [3.8, 4) is 5.75 Å². The quantitative estimate of drug-likeness (QED) is 0.402. The number of carboxylic acids is 1. The van der Waals surface area contributed by atoms with Crippen LogP contribution in [0.2, 0.25) is 0 Å². The molecule has 1 aliphatic heterocycles. The fraction of sp³-hybridized carbons (Fsp3) is 0.476. The number of hydrogen-bond donors (Lipinski definition) is 2. The lowest BCUT2D eigenvalue weighted by Crippen LogP contribution is -2.67. The summed E-state index contributed by atoms with van der Waals surface area (Å²) in [7, 11) is 0. The fourth-order valence-corrected chi connectivity index (χ4v) is 3.20. The number of carboxylic acid groups (broad SMARTS) is 1. The second kappa shape index (κ2) is 11.3. The van der Waals surface area contributed by atoms with Gasteiger partial charge in [-0.1, -0.05) is 0 Å². The van der Waals surface area contributed by atoms with E-state index >= 15 is 0 Å². The van der Waals surface area contributed by atoms with Crippen LogP contribution in [-0.4, -0.2) is 72.1 Å². The van der Waals surface area contributed by atoms with Crippen LogP contribution in [0.25, 0.3) is 0 Å². The normalized spacial score (nSPS) is 24.2. The van der Waals surface area contributed by atoms with Gasteiger partial charge in [0.05, 0.1) is 5.56 Å². The Morgan fingerprint density at radius 1 is 0.909 bits per heavy atom. The number of nitrogens with one attached hydrogen (secondary N) is 1. The van der Waals surface area contributed by atoms with Gasteiger partial charge >= 0.3 is 23.9 Å². The molecule has 1 fully saturated rings. The maximum absolute atomic E-state index is 11.9. The highest BCUT2D eigenvalue weighted by Gasteiger charge is 2.51. The molecule has 1 aromatic carbocycles. The molecule has 12 nitrogen and oxygen atoms in total. The monoisotopic (exact) mass is 467 g/mol. The maximum Gasteiger partial charge on any atom is 0.335 e. The van der Waals surface area contributed by atoms with E-state index in [4.69, 9.17) is 28.8 Å². The van der Waals surface area contributed by atoms with Gasteiger partial charge in [0.2, 0.25) is 12.2 Å². The number of carbonyl (C=O) groups is 5. The second-order valence-electron chi connectivity index (χ2n) is 7.17. The number of hydrogen-bond acceptors (Lipinski definition) is 10. The summed E-state index contributed by atoms with van der Waals surface area (Å²) in [6.07, 6.45) is -4.90. The lowest BCUT2D eigenvalue weighted by Gasteiger charge is -2.44. The first kappa shape index (κ1) is 25.6. The van der Waals surface area contributed by atoms with E-state index in [0.29, 0.717) is 0 Å². The Kier molecular flexibility index (Phi) is 8.74. The number of rotatable bonds is 8. The molecule has 2 rings (SSSR count). The molecule has 0 radical (unpaired) electrons. The zero-order valence-electron chi connectivity index (χ0n) is 18.4. The molecule has 0 bridgehead atoms. The first-order valence-corrected chi connectivity index (χ1v) is 9.88. The van der Waals surface area contributed by atoms with Gasteiger partial charge in [-0.05, 0) is 24.3 Å². The average Bonchev–Trinajstić information content (AvgIpc) is 2.70. The van der Waals surface area contributed by atoms with Gasteiger partial charge in [-0.3, -0.25) is 19.2 Å². The van der Waals surface area contributed by atoms with E-state index in [-0.39, 0.29) is 17.9 Å². The number of amides is 1. The van der Waals surface area contributed by atoms with Gasteiger partial charge in [0.25, 0.3) is 0 Å². The Hall–Kier alpha value is -3.67. The minimum absolute atomic E-state index is 0.0192. The molecule has 1 aromatic rings. The SMILES string of the molecule is CC(=O)N[C@H]1[C@H](Oc2ccc(C(=O)O)cc2)O[C@@H](COC(C)=O)[C@@H](OC(C)=O)[C@@H]1OC(C)=O. The van der Waals surface area contributed by atoms with Crippen molar-refractivity contribution in [1.29, 1.82) is 0 Å². The van der Waals surface area contributed by atoms with E-state index in [9.17, 15) is 24.0 Å². The lowest BCUT2D eigenvalue weighted by atomic mass is 9.96. The smallest absolute Gasteiger partial charge is 0.335 e. The molecule has 0 spiro atoms. The zero-order chi connectivity index (χ0) is 24.7. The predicted octanol–water partition coefficient (Wildman–Crippen LogP) is 0.420. The van der Waals surface area contributed by atoms with Crippen LogP contribution >= 0.6 is 0 Å². The number of benzene rings is 1. The molecular weight excluding hydrogens is 442 g/mol. The van der Waals surface area contributed by atoms with Gasteiger partial charge in [-0.25, -0.2) is 4.79 Å². The summed E-state index contributed by atoms with van der Waals surface area (Å²) < 4.78 is 27.3. The van der Waals surface area contributed by atoms with Gasteiger partial charge in [-0.15, -0.1) is 0 Å². The number of esters is 3. The van der Waals surface area contributed by atoms with Gasteiger partial charge in [0.15, 0.2) is 12.2 Å². The first-order valence-electron chi connectivity index (χ1n) is 9.88.